The van der Waals surface area contributed by atoms with E-state index in [0.29, 0.717) is 31.1 Å². The molecule has 1 aliphatic heterocycles. The van der Waals surface area contributed by atoms with E-state index in [-0.39, 0.29) is 6.09 Å². The number of aromatic nitrogens is 4. The number of hydrogen-bond acceptors (Lipinski definition) is 6. The van der Waals surface area contributed by atoms with Crippen molar-refractivity contribution in [2.45, 2.75) is 39.6 Å². The highest BCUT2D eigenvalue weighted by atomic mass is 32.1. The van der Waals surface area contributed by atoms with E-state index in [1.165, 1.54) is 0 Å². The van der Waals surface area contributed by atoms with Crippen molar-refractivity contribution in [3.05, 3.63) is 65.2 Å². The number of ether oxygens (including phenoxy) is 1. The molecule has 8 nitrogen and oxygen atoms in total. The van der Waals surface area contributed by atoms with Crippen molar-refractivity contribution in [3.63, 3.8) is 0 Å². The molecule has 9 heteroatoms. The van der Waals surface area contributed by atoms with Gasteiger partial charge in [-0.1, -0.05) is 30.3 Å². The largest absolute Gasteiger partial charge is 0.444 e. The molecule has 174 valence electrons. The third-order valence-electron chi connectivity index (χ3n) is 5.40. The number of carbonyl (C=O) groups excluding carboxylic acids is 1. The third kappa shape index (κ3) is 5.85. The number of carbonyl (C=O) groups is 1. The third-order valence-corrected chi connectivity index (χ3v) is 5.83. The summed E-state index contributed by atoms with van der Waals surface area (Å²) in [4.78, 5) is 20.5. The van der Waals surface area contributed by atoms with Gasteiger partial charge in [0.2, 0.25) is 0 Å². The van der Waals surface area contributed by atoms with Crippen LogP contribution in [-0.4, -0.2) is 67.0 Å². The van der Waals surface area contributed by atoms with Crippen molar-refractivity contribution >= 4 is 18.3 Å². The lowest BCUT2D eigenvalue weighted by Crippen LogP contribution is -2.50. The highest BCUT2D eigenvalue weighted by molar-refractivity contribution is 7.71. The minimum absolute atomic E-state index is 0.258. The second-order valence-electron chi connectivity index (χ2n) is 9.14. The van der Waals surface area contributed by atoms with Gasteiger partial charge in [-0.15, -0.1) is 0 Å². The van der Waals surface area contributed by atoms with E-state index < -0.39 is 5.60 Å². The molecule has 0 N–H and O–H groups in total. The zero-order valence-electron chi connectivity index (χ0n) is 19.3. The fraction of sp³-hybridized carbons (Fsp3) is 0.417. The standard InChI is InChI=1S/C24H30N6O2S/c1-24(2,3)32-23(31)28-15-13-27(14-16-28)18-30-22(33)29(17-19-7-5-4-6-8-19)21(26-30)20-9-11-25-12-10-20/h4-12H,13-18H2,1-3H3. The number of hydrogen-bond donors (Lipinski definition) is 0. The molecule has 33 heavy (non-hydrogen) atoms. The summed E-state index contributed by atoms with van der Waals surface area (Å²) in [5, 5.41) is 4.87. The first-order chi connectivity index (χ1) is 15.8. The second kappa shape index (κ2) is 9.84. The molecule has 0 bridgehead atoms. The van der Waals surface area contributed by atoms with Gasteiger partial charge in [-0.3, -0.25) is 14.5 Å². The number of piperazine rings is 1. The van der Waals surface area contributed by atoms with Crippen molar-refractivity contribution in [1.82, 2.24) is 29.1 Å². The van der Waals surface area contributed by atoms with Crippen LogP contribution in [0.2, 0.25) is 0 Å². The quantitative estimate of drug-likeness (QED) is 0.529. The monoisotopic (exact) mass is 466 g/mol. The average Bonchev–Trinajstić information content (AvgIpc) is 3.09. The van der Waals surface area contributed by atoms with Gasteiger partial charge in [0.05, 0.1) is 13.2 Å². The summed E-state index contributed by atoms with van der Waals surface area (Å²) in [5.74, 6) is 0.818. The van der Waals surface area contributed by atoms with Gasteiger partial charge in [-0.25, -0.2) is 9.48 Å². The molecular formula is C24H30N6O2S. The molecule has 1 aliphatic rings. The predicted molar refractivity (Wildman–Crippen MR) is 129 cm³/mol. The van der Waals surface area contributed by atoms with Crippen LogP contribution >= 0.6 is 12.2 Å². The van der Waals surface area contributed by atoms with Crippen LogP contribution in [0, 0.1) is 4.77 Å². The Morgan fingerprint density at radius 1 is 1.03 bits per heavy atom. The second-order valence-corrected chi connectivity index (χ2v) is 9.51. The summed E-state index contributed by atoms with van der Waals surface area (Å²) in [5.41, 5.74) is 1.64. The van der Waals surface area contributed by atoms with E-state index in [1.54, 1.807) is 17.3 Å². The molecule has 1 aromatic carbocycles. The fourth-order valence-corrected chi connectivity index (χ4v) is 3.99. The lowest BCUT2D eigenvalue weighted by atomic mass is 10.2. The smallest absolute Gasteiger partial charge is 0.410 e. The number of benzene rings is 1. The molecule has 0 spiro atoms. The lowest BCUT2D eigenvalue weighted by molar-refractivity contribution is 0.0113. The van der Waals surface area contributed by atoms with Crippen LogP contribution < -0.4 is 0 Å². The number of pyridine rings is 1. The highest BCUT2D eigenvalue weighted by Gasteiger charge is 2.26. The van der Waals surface area contributed by atoms with Gasteiger partial charge >= 0.3 is 6.09 Å². The molecule has 0 unspecified atom stereocenters. The van der Waals surface area contributed by atoms with Gasteiger partial charge in [0, 0.05) is 44.1 Å². The van der Waals surface area contributed by atoms with E-state index in [0.717, 1.165) is 30.0 Å². The van der Waals surface area contributed by atoms with Crippen molar-refractivity contribution in [2.75, 3.05) is 26.2 Å². The van der Waals surface area contributed by atoms with Gasteiger partial charge in [-0.2, -0.15) is 5.10 Å². The maximum absolute atomic E-state index is 12.4. The molecule has 3 aromatic rings. The van der Waals surface area contributed by atoms with Gasteiger partial charge < -0.3 is 9.64 Å². The number of rotatable bonds is 5. The maximum atomic E-state index is 12.4. The van der Waals surface area contributed by atoms with Crippen molar-refractivity contribution in [3.8, 4) is 11.4 Å². The van der Waals surface area contributed by atoms with Crippen LogP contribution in [0.4, 0.5) is 4.79 Å². The topological polar surface area (TPSA) is 68.4 Å². The van der Waals surface area contributed by atoms with Gasteiger partial charge in [-0.05, 0) is 50.7 Å². The van der Waals surface area contributed by atoms with Crippen LogP contribution in [0.25, 0.3) is 11.4 Å². The summed E-state index contributed by atoms with van der Waals surface area (Å²) < 4.78 is 10.1. The zero-order valence-corrected chi connectivity index (χ0v) is 20.2. The Kier molecular flexibility index (Phi) is 6.90. The normalized spacial score (nSPS) is 14.9. The zero-order chi connectivity index (χ0) is 23.4. The number of amides is 1. The fourth-order valence-electron chi connectivity index (χ4n) is 3.74. The Labute approximate surface area is 199 Å². The Balaban J connectivity index is 1.51. The van der Waals surface area contributed by atoms with Crippen molar-refractivity contribution in [2.24, 2.45) is 0 Å². The van der Waals surface area contributed by atoms with Crippen LogP contribution in [0.1, 0.15) is 26.3 Å². The molecule has 1 amide bonds. The van der Waals surface area contributed by atoms with Crippen molar-refractivity contribution in [1.29, 1.82) is 0 Å². The minimum atomic E-state index is -0.490. The van der Waals surface area contributed by atoms with E-state index in [2.05, 4.69) is 26.6 Å². The maximum Gasteiger partial charge on any atom is 0.410 e. The Hall–Kier alpha value is -3.04. The Bertz CT molecular complexity index is 1130. The van der Waals surface area contributed by atoms with Crippen LogP contribution in [-0.2, 0) is 18.0 Å². The molecule has 0 aliphatic carbocycles. The van der Waals surface area contributed by atoms with E-state index in [9.17, 15) is 4.79 Å². The average molecular weight is 467 g/mol. The van der Waals surface area contributed by atoms with Gasteiger partial charge in [0.25, 0.3) is 0 Å². The number of nitrogens with zero attached hydrogens (tertiary/aromatic N) is 6. The summed E-state index contributed by atoms with van der Waals surface area (Å²) in [6, 6.07) is 14.1. The van der Waals surface area contributed by atoms with Gasteiger partial charge in [0.15, 0.2) is 10.6 Å². The van der Waals surface area contributed by atoms with E-state index in [1.807, 2.05) is 55.8 Å². The summed E-state index contributed by atoms with van der Waals surface area (Å²) in [6.07, 6.45) is 3.27. The Morgan fingerprint density at radius 2 is 1.70 bits per heavy atom. The SMILES string of the molecule is CC(C)(C)OC(=O)N1CCN(Cn2nc(-c3ccncc3)n(Cc3ccccc3)c2=S)CC1. The molecule has 2 aromatic heterocycles. The lowest BCUT2D eigenvalue weighted by Gasteiger charge is -2.35. The van der Waals surface area contributed by atoms with E-state index in [4.69, 9.17) is 22.1 Å². The first kappa shape index (κ1) is 23.1. The van der Waals surface area contributed by atoms with E-state index >= 15 is 0 Å². The minimum Gasteiger partial charge on any atom is -0.444 e. The molecule has 4 rings (SSSR count). The molecule has 1 fully saturated rings. The summed E-state index contributed by atoms with van der Waals surface area (Å²) >= 11 is 5.84. The molecule has 1 saturated heterocycles. The molecule has 0 atom stereocenters. The molecule has 0 radical (unpaired) electrons. The summed E-state index contributed by atoms with van der Waals surface area (Å²) in [7, 11) is 0. The highest BCUT2D eigenvalue weighted by Crippen LogP contribution is 2.20. The Morgan fingerprint density at radius 3 is 2.33 bits per heavy atom. The molecule has 0 saturated carbocycles. The van der Waals surface area contributed by atoms with Crippen LogP contribution in [0.15, 0.2) is 54.9 Å². The molecular weight excluding hydrogens is 436 g/mol. The predicted octanol–water partition coefficient (Wildman–Crippen LogP) is 4.03. The van der Waals surface area contributed by atoms with Crippen LogP contribution in [0.5, 0.6) is 0 Å². The first-order valence-corrected chi connectivity index (χ1v) is 11.5. The first-order valence-electron chi connectivity index (χ1n) is 11.1. The molecule has 3 heterocycles. The van der Waals surface area contributed by atoms with Crippen molar-refractivity contribution < 1.29 is 9.53 Å². The van der Waals surface area contributed by atoms with Crippen LogP contribution in [0.3, 0.4) is 0 Å². The van der Waals surface area contributed by atoms with Gasteiger partial charge in [0.1, 0.15) is 5.60 Å². The summed E-state index contributed by atoms with van der Waals surface area (Å²) in [6.45, 7) is 9.56.